The molecule has 5 nitrogen and oxygen atoms in total. The van der Waals surface area contributed by atoms with E-state index in [1.807, 2.05) is 26.0 Å². The molecule has 5 heteroatoms. The van der Waals surface area contributed by atoms with Crippen molar-refractivity contribution in [2.75, 3.05) is 6.61 Å². The molecule has 26 heavy (non-hydrogen) atoms. The Labute approximate surface area is 154 Å². The van der Waals surface area contributed by atoms with Crippen molar-refractivity contribution in [1.29, 1.82) is 0 Å². The second-order valence-corrected chi connectivity index (χ2v) is 8.20. The monoisotopic (exact) mass is 359 g/mol. The molecule has 2 fully saturated rings. The number of rotatable bonds is 3. The Morgan fingerprint density at radius 1 is 1.35 bits per heavy atom. The average molecular weight is 359 g/mol. The molecule has 3 aliphatic rings. The van der Waals surface area contributed by atoms with Gasteiger partial charge in [0.1, 0.15) is 17.4 Å². The van der Waals surface area contributed by atoms with Crippen molar-refractivity contribution in [3.05, 3.63) is 35.6 Å². The van der Waals surface area contributed by atoms with Crippen molar-refractivity contribution < 1.29 is 19.8 Å². The van der Waals surface area contributed by atoms with Gasteiger partial charge in [-0.3, -0.25) is 9.59 Å². The fourth-order valence-electron chi connectivity index (χ4n) is 5.10. The molecule has 0 aromatic heterocycles. The van der Waals surface area contributed by atoms with Gasteiger partial charge in [-0.05, 0) is 37.5 Å². The number of allylic oxidation sites excluding steroid dienone is 5. The minimum absolute atomic E-state index is 0.0802. The Kier molecular flexibility index (Phi) is 5.11. The maximum absolute atomic E-state index is 12.6. The van der Waals surface area contributed by atoms with Gasteiger partial charge in [-0.1, -0.05) is 44.6 Å². The van der Waals surface area contributed by atoms with Crippen molar-refractivity contribution in [3.63, 3.8) is 0 Å². The first-order valence-electron chi connectivity index (χ1n) is 9.55. The maximum atomic E-state index is 12.6. The van der Waals surface area contributed by atoms with Crippen LogP contribution < -0.4 is 5.32 Å². The molecule has 1 heterocycles. The summed E-state index contributed by atoms with van der Waals surface area (Å²) in [5.74, 6) is -0.148. The van der Waals surface area contributed by atoms with E-state index in [0.717, 1.165) is 19.3 Å². The fraction of sp³-hybridized carbons (Fsp3) is 0.619. The van der Waals surface area contributed by atoms with Crippen molar-refractivity contribution in [3.8, 4) is 0 Å². The van der Waals surface area contributed by atoms with Gasteiger partial charge in [0.05, 0.1) is 6.61 Å². The zero-order valence-electron chi connectivity index (χ0n) is 15.7. The topological polar surface area (TPSA) is 86.6 Å². The molecule has 142 valence electrons. The largest absolute Gasteiger partial charge is 0.511 e. The van der Waals surface area contributed by atoms with Crippen LogP contribution >= 0.6 is 0 Å². The number of aliphatic hydroxyl groups excluding tert-OH is 2. The normalized spacial score (nSPS) is 42.1. The third-order valence-electron chi connectivity index (χ3n) is 6.61. The molecular weight excluding hydrogens is 330 g/mol. The van der Waals surface area contributed by atoms with E-state index in [-0.39, 0.29) is 23.2 Å². The van der Waals surface area contributed by atoms with Crippen LogP contribution in [0.25, 0.3) is 0 Å². The van der Waals surface area contributed by atoms with Crippen molar-refractivity contribution in [1.82, 2.24) is 5.32 Å². The van der Waals surface area contributed by atoms with Gasteiger partial charge in [0, 0.05) is 11.3 Å². The fourth-order valence-corrected chi connectivity index (χ4v) is 5.10. The molecule has 1 aliphatic heterocycles. The van der Waals surface area contributed by atoms with Crippen molar-refractivity contribution in [2.45, 2.75) is 46.1 Å². The number of carbonyl (C=O) groups is 2. The standard InChI is InChI=1S/C21H29NO4/c1-4-5-14-8-7-13-10-12(2)6-9-15(13)21(14,3)19(25)17-18(24)16(11-23)22-20(17)26/h4-5,7-8,12-16,23,25H,6,9-11H2,1-3H3,(H,22,26)/b5-4+,19-17-/t12-,13?,14-,15?,16?,21-/m1/s1. The highest BCUT2D eigenvalue weighted by molar-refractivity contribution is 6.27. The Balaban J connectivity index is 2.11. The number of amides is 1. The Morgan fingerprint density at radius 3 is 2.69 bits per heavy atom. The molecule has 6 atom stereocenters. The van der Waals surface area contributed by atoms with Gasteiger partial charge < -0.3 is 15.5 Å². The van der Waals surface area contributed by atoms with Gasteiger partial charge in [-0.15, -0.1) is 0 Å². The van der Waals surface area contributed by atoms with Crippen LogP contribution in [0.4, 0.5) is 0 Å². The zero-order chi connectivity index (χ0) is 19.1. The summed E-state index contributed by atoms with van der Waals surface area (Å²) in [6, 6.07) is -0.954. The average Bonchev–Trinajstić information content (AvgIpc) is 2.90. The number of ketones is 1. The highest BCUT2D eigenvalue weighted by Gasteiger charge is 2.52. The highest BCUT2D eigenvalue weighted by Crippen LogP contribution is 2.55. The molecule has 2 aliphatic carbocycles. The van der Waals surface area contributed by atoms with Crippen molar-refractivity contribution >= 4 is 11.7 Å². The summed E-state index contributed by atoms with van der Waals surface area (Å²) >= 11 is 0. The summed E-state index contributed by atoms with van der Waals surface area (Å²) < 4.78 is 0. The SMILES string of the molecule is C/C=C/[C@@H]1C=CC2C[C@H](C)CCC2[C@]1(C)/C(O)=C1/C(=O)NC(CO)C1=O. The molecule has 0 spiro atoms. The first kappa shape index (κ1) is 18.9. The molecule has 3 N–H and O–H groups in total. The number of hydrogen-bond donors (Lipinski definition) is 3. The minimum Gasteiger partial charge on any atom is -0.511 e. The Hall–Kier alpha value is -1.88. The van der Waals surface area contributed by atoms with E-state index in [1.54, 1.807) is 0 Å². The lowest BCUT2D eigenvalue weighted by atomic mass is 9.54. The molecule has 3 unspecified atom stereocenters. The van der Waals surface area contributed by atoms with Crippen LogP contribution in [0.1, 0.15) is 40.0 Å². The summed E-state index contributed by atoms with van der Waals surface area (Å²) in [4.78, 5) is 24.9. The quantitative estimate of drug-likeness (QED) is 0.313. The van der Waals surface area contributed by atoms with Gasteiger partial charge in [0.2, 0.25) is 0 Å². The lowest BCUT2D eigenvalue weighted by molar-refractivity contribution is -0.118. The van der Waals surface area contributed by atoms with Crippen LogP contribution in [-0.2, 0) is 9.59 Å². The minimum atomic E-state index is -0.954. The third-order valence-corrected chi connectivity index (χ3v) is 6.61. The number of carbonyl (C=O) groups excluding carboxylic acids is 2. The number of aliphatic hydroxyl groups is 2. The van der Waals surface area contributed by atoms with E-state index in [1.165, 1.54) is 0 Å². The smallest absolute Gasteiger partial charge is 0.259 e. The molecule has 3 rings (SSSR count). The first-order valence-corrected chi connectivity index (χ1v) is 9.55. The van der Waals surface area contributed by atoms with Gasteiger partial charge in [0.15, 0.2) is 5.78 Å². The van der Waals surface area contributed by atoms with E-state index in [0.29, 0.717) is 11.8 Å². The predicted molar refractivity (Wildman–Crippen MR) is 99.2 cm³/mol. The Morgan fingerprint density at radius 2 is 2.08 bits per heavy atom. The van der Waals surface area contributed by atoms with Crippen LogP contribution in [0.15, 0.2) is 35.6 Å². The summed E-state index contributed by atoms with van der Waals surface area (Å²) in [5, 5.41) is 23.0. The van der Waals surface area contributed by atoms with Gasteiger partial charge in [-0.2, -0.15) is 0 Å². The van der Waals surface area contributed by atoms with Crippen LogP contribution in [-0.4, -0.2) is 34.6 Å². The second-order valence-electron chi connectivity index (χ2n) is 8.20. The summed E-state index contributed by atoms with van der Waals surface area (Å²) in [6.45, 7) is 5.70. The number of Topliss-reactive ketones (excluding diaryl/α,β-unsaturated/α-hetero) is 1. The van der Waals surface area contributed by atoms with Crippen LogP contribution in [0.2, 0.25) is 0 Å². The summed E-state index contributed by atoms with van der Waals surface area (Å²) in [6.07, 6.45) is 11.4. The van der Waals surface area contributed by atoms with Crippen LogP contribution in [0, 0.1) is 29.1 Å². The predicted octanol–water partition coefficient (Wildman–Crippen LogP) is 2.68. The lowest BCUT2D eigenvalue weighted by Crippen LogP contribution is -2.45. The number of hydrogen-bond acceptors (Lipinski definition) is 4. The summed E-state index contributed by atoms with van der Waals surface area (Å²) in [7, 11) is 0. The van der Waals surface area contributed by atoms with E-state index in [4.69, 9.17) is 0 Å². The van der Waals surface area contributed by atoms with Crippen LogP contribution in [0.3, 0.4) is 0 Å². The van der Waals surface area contributed by atoms with Gasteiger partial charge in [0.25, 0.3) is 5.91 Å². The molecule has 0 radical (unpaired) electrons. The third kappa shape index (κ3) is 2.82. The van der Waals surface area contributed by atoms with Gasteiger partial charge in [-0.25, -0.2) is 0 Å². The molecule has 1 amide bonds. The number of fused-ring (bicyclic) bond motifs is 1. The van der Waals surface area contributed by atoms with Crippen molar-refractivity contribution in [2.24, 2.45) is 29.1 Å². The van der Waals surface area contributed by atoms with Gasteiger partial charge >= 0.3 is 0 Å². The first-order chi connectivity index (χ1) is 12.3. The molecule has 0 aromatic carbocycles. The molecule has 0 aromatic rings. The highest BCUT2D eigenvalue weighted by atomic mass is 16.3. The summed E-state index contributed by atoms with van der Waals surface area (Å²) in [5.41, 5.74) is -0.882. The van der Waals surface area contributed by atoms with E-state index in [9.17, 15) is 19.8 Å². The maximum Gasteiger partial charge on any atom is 0.259 e. The van der Waals surface area contributed by atoms with E-state index >= 15 is 0 Å². The zero-order valence-corrected chi connectivity index (χ0v) is 15.7. The number of nitrogens with one attached hydrogen (secondary N) is 1. The van der Waals surface area contributed by atoms with E-state index in [2.05, 4.69) is 24.4 Å². The molecule has 1 saturated heterocycles. The second kappa shape index (κ2) is 7.03. The van der Waals surface area contributed by atoms with Crippen LogP contribution in [0.5, 0.6) is 0 Å². The molecule has 0 bridgehead atoms. The lowest BCUT2D eigenvalue weighted by Gasteiger charge is -2.50. The molecule has 1 saturated carbocycles. The van der Waals surface area contributed by atoms with E-state index < -0.39 is 29.8 Å². The Bertz CT molecular complexity index is 692. The molecular formula is C21H29NO4.